The van der Waals surface area contributed by atoms with E-state index in [0.29, 0.717) is 37.7 Å². The van der Waals surface area contributed by atoms with Gasteiger partial charge in [-0.2, -0.15) is 43.5 Å². The fourth-order valence-corrected chi connectivity index (χ4v) is 7.49. The third kappa shape index (κ3) is 11.9. The number of methoxy groups -OCH3 is 1. The Balaban J connectivity index is 1.76. The number of hydrogen-bond donors (Lipinski definition) is 2. The van der Waals surface area contributed by atoms with Crippen molar-refractivity contribution in [3.8, 4) is 0 Å². The molecule has 3 rings (SSSR count). The molecule has 1 aliphatic heterocycles. The molecule has 1 saturated carbocycles. The molecule has 0 spiro atoms. The normalized spacial score (nSPS) is 25.1. The molecule has 1 heterocycles. The molecule has 55 heavy (non-hydrogen) atoms. The Hall–Kier alpha value is -2.24. The largest absolute Gasteiger partial charge is 0.481 e. The zero-order chi connectivity index (χ0) is 41.2. The van der Waals surface area contributed by atoms with Crippen molar-refractivity contribution < 1.29 is 91.2 Å². The van der Waals surface area contributed by atoms with Gasteiger partial charge in [0.2, 0.25) is 0 Å². The molecule has 1 aliphatic carbocycles. The third-order valence-electron chi connectivity index (χ3n) is 9.35. The Morgan fingerprint density at radius 3 is 2.16 bits per heavy atom. The first kappa shape index (κ1) is 47.1. The maximum absolute atomic E-state index is 15.2. The van der Waals surface area contributed by atoms with Gasteiger partial charge in [0, 0.05) is 38.0 Å². The molecule has 0 aromatic heterocycles. The lowest BCUT2D eigenvalue weighted by Crippen LogP contribution is -2.57. The van der Waals surface area contributed by atoms with Crippen LogP contribution in [-0.4, -0.2) is 99.7 Å². The maximum atomic E-state index is 15.2. The van der Waals surface area contributed by atoms with E-state index in [0.717, 1.165) is 14.0 Å². The van der Waals surface area contributed by atoms with E-state index in [-0.39, 0.29) is 25.9 Å². The van der Waals surface area contributed by atoms with Crippen molar-refractivity contribution in [2.75, 3.05) is 27.1 Å². The number of fused-ring (bicyclic) bond motifs is 1. The average molecular weight is 833 g/mol. The Kier molecular flexibility index (Phi) is 17.1. The minimum Gasteiger partial charge on any atom is -0.481 e. The van der Waals surface area contributed by atoms with Crippen LogP contribution in [0.5, 0.6) is 0 Å². The summed E-state index contributed by atoms with van der Waals surface area (Å²) in [5.41, 5.74) is 0.447. The van der Waals surface area contributed by atoms with Gasteiger partial charge < -0.3 is 33.9 Å². The average Bonchev–Trinajstić information content (AvgIpc) is 3.39. The van der Waals surface area contributed by atoms with Crippen molar-refractivity contribution in [3.05, 3.63) is 35.9 Å². The highest BCUT2D eigenvalue weighted by molar-refractivity contribution is 7.87. The second-order valence-electron chi connectivity index (χ2n) is 13.5. The summed E-state index contributed by atoms with van der Waals surface area (Å²) < 4.78 is 179. The van der Waals surface area contributed by atoms with E-state index < -0.39 is 108 Å². The molecular weight excluding hydrogens is 784 g/mol. The summed E-state index contributed by atoms with van der Waals surface area (Å²) in [4.78, 5) is 10.5. The van der Waals surface area contributed by atoms with Crippen LogP contribution in [0.25, 0.3) is 0 Å². The van der Waals surface area contributed by atoms with Crippen LogP contribution in [0.4, 0.5) is 35.1 Å². The molecule has 1 aromatic carbocycles. The van der Waals surface area contributed by atoms with Crippen LogP contribution in [0.1, 0.15) is 83.5 Å². The van der Waals surface area contributed by atoms with Gasteiger partial charge in [-0.1, -0.05) is 75.8 Å². The van der Waals surface area contributed by atoms with Gasteiger partial charge in [0.05, 0.1) is 30.8 Å². The van der Waals surface area contributed by atoms with Gasteiger partial charge in [0.25, 0.3) is 0 Å². The van der Waals surface area contributed by atoms with Crippen LogP contribution in [0.15, 0.2) is 30.3 Å². The highest BCUT2D eigenvalue weighted by Gasteiger charge is 2.75. The third-order valence-corrected chi connectivity index (χ3v) is 10.7. The Morgan fingerprint density at radius 1 is 0.945 bits per heavy atom. The summed E-state index contributed by atoms with van der Waals surface area (Å²) in [6.45, 7) is 1.72. The molecule has 1 aromatic rings. The van der Waals surface area contributed by atoms with Crippen molar-refractivity contribution in [1.82, 2.24) is 0 Å². The van der Waals surface area contributed by atoms with E-state index in [1.54, 1.807) is 37.3 Å². The van der Waals surface area contributed by atoms with E-state index in [1.807, 2.05) is 0 Å². The molecule has 2 N–H and O–H groups in total. The van der Waals surface area contributed by atoms with Crippen LogP contribution in [0.3, 0.4) is 0 Å². The molecule has 2 fully saturated rings. The summed E-state index contributed by atoms with van der Waals surface area (Å²) in [6.07, 6.45) is -20.3. The number of carboxylic acid groups (broad SMARTS) is 1. The minimum absolute atomic E-state index is 0.0151. The van der Waals surface area contributed by atoms with Gasteiger partial charge in [-0.3, -0.25) is 8.98 Å². The molecule has 0 bridgehead atoms. The summed E-state index contributed by atoms with van der Waals surface area (Å²) >= 11 is 0. The molecular formula is C34H48F8O12S. The first-order valence-electron chi connectivity index (χ1n) is 17.7. The number of aliphatic hydroxyl groups excluding tert-OH is 1. The number of rotatable bonds is 25. The Morgan fingerprint density at radius 2 is 1.56 bits per heavy atom. The summed E-state index contributed by atoms with van der Waals surface area (Å²) in [7, 11) is -6.16. The van der Waals surface area contributed by atoms with Gasteiger partial charge in [0.15, 0.2) is 12.6 Å². The fourth-order valence-electron chi connectivity index (χ4n) is 6.47. The monoisotopic (exact) mass is 832 g/mol. The minimum atomic E-state index is -7.09. The number of aliphatic carboxylic acids is 1. The fraction of sp³-hybridized carbons (Fsp3) is 0.794. The number of carbonyl (C=O) groups is 1. The Labute approximate surface area is 313 Å². The van der Waals surface area contributed by atoms with Gasteiger partial charge in [-0.15, -0.1) is 0 Å². The van der Waals surface area contributed by atoms with Gasteiger partial charge in [0.1, 0.15) is 6.79 Å². The van der Waals surface area contributed by atoms with Gasteiger partial charge in [-0.05, 0) is 19.3 Å². The molecule has 8 atom stereocenters. The van der Waals surface area contributed by atoms with Crippen LogP contribution >= 0.6 is 0 Å². The molecule has 8 unspecified atom stereocenters. The zero-order valence-corrected chi connectivity index (χ0v) is 31.2. The molecule has 21 heteroatoms. The predicted molar refractivity (Wildman–Crippen MR) is 174 cm³/mol. The van der Waals surface area contributed by atoms with Crippen molar-refractivity contribution in [2.24, 2.45) is 17.8 Å². The molecule has 2 aliphatic rings. The van der Waals surface area contributed by atoms with E-state index in [9.17, 15) is 44.7 Å². The van der Waals surface area contributed by atoms with Crippen molar-refractivity contribution >= 4 is 16.1 Å². The maximum Gasteiger partial charge on any atom is 0.460 e. The SMILES string of the molecule is CCOCOC1C2OC(c3ccccc3)OCC2C(OS(=O)(=O)C(F)(F)C(F)(F)OC(F)(F)C(F)(F)CC(C)CCCCCCCCC(=O)O)C1C(O)OC. The van der Waals surface area contributed by atoms with Gasteiger partial charge >= 0.3 is 39.5 Å². The number of benzene rings is 1. The second kappa shape index (κ2) is 20.0. The van der Waals surface area contributed by atoms with Crippen LogP contribution in [-0.2, 0) is 47.5 Å². The summed E-state index contributed by atoms with van der Waals surface area (Å²) in [5, 5.41) is 12.6. The number of alkyl halides is 8. The predicted octanol–water partition coefficient (Wildman–Crippen LogP) is 7.07. The topological polar surface area (TPSA) is 156 Å². The second-order valence-corrected chi connectivity index (χ2v) is 15.1. The first-order chi connectivity index (χ1) is 25.6. The van der Waals surface area contributed by atoms with E-state index in [2.05, 4.69) is 8.92 Å². The molecule has 318 valence electrons. The highest BCUT2D eigenvalue weighted by Crippen LogP contribution is 2.52. The number of aliphatic hydroxyl groups is 1. The quantitative estimate of drug-likeness (QED) is 0.0448. The highest BCUT2D eigenvalue weighted by atomic mass is 32.2. The molecule has 0 amide bonds. The van der Waals surface area contributed by atoms with E-state index in [4.69, 9.17) is 28.8 Å². The summed E-state index contributed by atoms with van der Waals surface area (Å²) in [5.74, 6) is -10.9. The van der Waals surface area contributed by atoms with Crippen molar-refractivity contribution in [1.29, 1.82) is 0 Å². The van der Waals surface area contributed by atoms with Crippen LogP contribution in [0, 0.1) is 17.8 Å². The lowest BCUT2D eigenvalue weighted by Gasteiger charge is -2.36. The number of hydrogen-bond acceptors (Lipinski definition) is 11. The zero-order valence-electron chi connectivity index (χ0n) is 30.4. The number of carboxylic acids is 1. The van der Waals surface area contributed by atoms with Crippen LogP contribution in [0.2, 0.25) is 0 Å². The number of halogens is 8. The van der Waals surface area contributed by atoms with Gasteiger partial charge in [-0.25, -0.2) is 4.74 Å². The van der Waals surface area contributed by atoms with Crippen molar-refractivity contribution in [3.63, 3.8) is 0 Å². The lowest BCUT2D eigenvalue weighted by atomic mass is 9.95. The standard InChI is InChI=1S/C34H48F8O12S/c1-4-49-20-51-28-25(29(45)48-3)26(23-19-50-30(52-27(23)28)22-15-11-9-12-16-22)53-55(46,47)34(41,42)33(39,40)54-32(37,38)31(35,36)18-21(2)14-10-7-5-6-8-13-17-24(43)44/h9,11-12,15-16,21,23,25-30,45H,4-8,10,13-14,17-20H2,1-3H3,(H,43,44). The van der Waals surface area contributed by atoms with Crippen LogP contribution < -0.4 is 0 Å². The van der Waals surface area contributed by atoms with Crippen molar-refractivity contribution in [2.45, 2.75) is 126 Å². The van der Waals surface area contributed by atoms with E-state index in [1.165, 1.54) is 0 Å². The molecule has 0 radical (unpaired) electrons. The van der Waals surface area contributed by atoms with E-state index >= 15 is 8.78 Å². The molecule has 1 saturated heterocycles. The summed E-state index contributed by atoms with van der Waals surface area (Å²) in [6, 6.07) is 8.12. The lowest BCUT2D eigenvalue weighted by molar-refractivity contribution is -0.457. The first-order valence-corrected chi connectivity index (χ1v) is 19.1. The number of unbranched alkanes of at least 4 members (excludes halogenated alkanes) is 5. The Bertz CT molecular complexity index is 1440. The smallest absolute Gasteiger partial charge is 0.460 e. The number of ether oxygens (including phenoxy) is 6. The molecule has 12 nitrogen and oxygen atoms in total.